The molecule has 1 saturated carbocycles. The Morgan fingerprint density at radius 3 is 2.37 bits per heavy atom. The molecule has 0 aromatic rings. The van der Waals surface area contributed by atoms with Crippen molar-refractivity contribution in [3.63, 3.8) is 0 Å². The molecule has 27 heavy (non-hydrogen) atoms. The fraction of sp³-hybridized carbons (Fsp3) is 0.391. The molecule has 3 aliphatic carbocycles. The molecular formula is C23H18N2O2. The van der Waals surface area contributed by atoms with E-state index < -0.39 is 16.2 Å². The average molecular weight is 354 g/mol. The Morgan fingerprint density at radius 1 is 1.11 bits per heavy atom. The van der Waals surface area contributed by atoms with Gasteiger partial charge in [-0.2, -0.15) is 10.5 Å². The van der Waals surface area contributed by atoms with E-state index in [1.54, 1.807) is 12.2 Å². The van der Waals surface area contributed by atoms with Crippen LogP contribution in [0.25, 0.3) is 0 Å². The van der Waals surface area contributed by atoms with E-state index in [1.165, 1.54) is 6.08 Å². The highest BCUT2D eigenvalue weighted by atomic mass is 16.1. The molecule has 0 N–H and O–H groups in total. The second kappa shape index (κ2) is 5.84. The zero-order chi connectivity index (χ0) is 20.0. The second-order valence-corrected chi connectivity index (χ2v) is 8.05. The first-order chi connectivity index (χ1) is 12.7. The minimum absolute atomic E-state index is 0.0442. The Kier molecular flexibility index (Phi) is 3.99. The highest BCUT2D eigenvalue weighted by Crippen LogP contribution is 2.63. The summed E-state index contributed by atoms with van der Waals surface area (Å²) in [7, 11) is 0. The van der Waals surface area contributed by atoms with Gasteiger partial charge in [0.2, 0.25) is 0 Å². The lowest BCUT2D eigenvalue weighted by molar-refractivity contribution is -0.130. The van der Waals surface area contributed by atoms with E-state index in [1.807, 2.05) is 32.9 Å². The Bertz CT molecular complexity index is 1050. The summed E-state index contributed by atoms with van der Waals surface area (Å²) >= 11 is 0. The third kappa shape index (κ3) is 2.39. The molecule has 3 rings (SSSR count). The lowest BCUT2D eigenvalue weighted by Gasteiger charge is -2.56. The van der Waals surface area contributed by atoms with Crippen molar-refractivity contribution < 1.29 is 9.59 Å². The van der Waals surface area contributed by atoms with Crippen molar-refractivity contribution in [1.29, 1.82) is 10.5 Å². The van der Waals surface area contributed by atoms with Gasteiger partial charge in [-0.05, 0) is 48.3 Å². The summed E-state index contributed by atoms with van der Waals surface area (Å²) in [5, 5.41) is 18.8. The van der Waals surface area contributed by atoms with Gasteiger partial charge in [0.25, 0.3) is 0 Å². The first-order valence-corrected chi connectivity index (χ1v) is 8.72. The molecule has 4 heteroatoms. The van der Waals surface area contributed by atoms with Crippen molar-refractivity contribution >= 4 is 11.6 Å². The van der Waals surface area contributed by atoms with Crippen LogP contribution in [0.1, 0.15) is 33.6 Å². The zero-order valence-corrected chi connectivity index (χ0v) is 15.5. The van der Waals surface area contributed by atoms with Gasteiger partial charge >= 0.3 is 0 Å². The molecule has 3 atom stereocenters. The van der Waals surface area contributed by atoms with Crippen LogP contribution < -0.4 is 0 Å². The van der Waals surface area contributed by atoms with Gasteiger partial charge in [-0.15, -0.1) is 6.42 Å². The fourth-order valence-corrected chi connectivity index (χ4v) is 5.08. The lowest BCUT2D eigenvalue weighted by atomic mass is 9.45. The van der Waals surface area contributed by atoms with Crippen LogP contribution in [0.2, 0.25) is 0 Å². The molecule has 0 aromatic heterocycles. The maximum Gasteiger partial charge on any atom is 0.196 e. The molecule has 0 bridgehead atoms. The van der Waals surface area contributed by atoms with Gasteiger partial charge in [-0.1, -0.05) is 32.8 Å². The molecule has 4 nitrogen and oxygen atoms in total. The number of rotatable bonds is 0. The van der Waals surface area contributed by atoms with Gasteiger partial charge in [-0.25, -0.2) is 0 Å². The zero-order valence-electron chi connectivity index (χ0n) is 15.5. The minimum Gasteiger partial charge on any atom is -0.293 e. The first-order valence-electron chi connectivity index (χ1n) is 8.72. The molecule has 0 amide bonds. The Balaban J connectivity index is 2.33. The van der Waals surface area contributed by atoms with Gasteiger partial charge in [0.05, 0.1) is 16.6 Å². The Morgan fingerprint density at radius 2 is 1.78 bits per heavy atom. The van der Waals surface area contributed by atoms with Crippen LogP contribution in [-0.2, 0) is 9.59 Å². The normalized spacial score (nSPS) is 33.3. The number of terminal acetylenes is 1. The molecule has 0 aromatic carbocycles. The number of hydrogen-bond acceptors (Lipinski definition) is 4. The highest BCUT2D eigenvalue weighted by molar-refractivity contribution is 6.09. The quantitative estimate of drug-likeness (QED) is 0.626. The summed E-state index contributed by atoms with van der Waals surface area (Å²) in [6.45, 7) is 5.65. The van der Waals surface area contributed by atoms with Crippen LogP contribution in [0, 0.1) is 69.0 Å². The van der Waals surface area contributed by atoms with Crippen molar-refractivity contribution in [3.8, 4) is 36.3 Å². The lowest BCUT2D eigenvalue weighted by Crippen LogP contribution is -2.53. The first kappa shape index (κ1) is 18.5. The molecule has 0 saturated heterocycles. The van der Waals surface area contributed by atoms with Crippen molar-refractivity contribution in [2.24, 2.45) is 22.2 Å². The predicted molar refractivity (Wildman–Crippen MR) is 99.1 cm³/mol. The highest BCUT2D eigenvalue weighted by Gasteiger charge is 2.59. The Labute approximate surface area is 159 Å². The number of ketones is 2. The molecule has 3 aliphatic rings. The molecule has 0 aliphatic heterocycles. The van der Waals surface area contributed by atoms with E-state index >= 15 is 0 Å². The largest absolute Gasteiger partial charge is 0.293 e. The van der Waals surface area contributed by atoms with E-state index in [9.17, 15) is 20.1 Å². The molecular weight excluding hydrogens is 336 g/mol. The van der Waals surface area contributed by atoms with E-state index in [2.05, 4.69) is 17.8 Å². The summed E-state index contributed by atoms with van der Waals surface area (Å²) in [5.41, 5.74) is -1.44. The number of hydrogen-bond donors (Lipinski definition) is 0. The van der Waals surface area contributed by atoms with Crippen LogP contribution in [0.3, 0.4) is 0 Å². The minimum atomic E-state index is -0.843. The number of nitriles is 2. The third-order valence-corrected chi connectivity index (χ3v) is 6.29. The van der Waals surface area contributed by atoms with Crippen LogP contribution in [0.15, 0.2) is 34.9 Å². The van der Waals surface area contributed by atoms with Crippen molar-refractivity contribution in [2.75, 3.05) is 0 Å². The topological polar surface area (TPSA) is 81.7 Å². The number of carbonyl (C=O) groups is 2. The summed E-state index contributed by atoms with van der Waals surface area (Å²) in [6, 6.07) is 3.95. The summed E-state index contributed by atoms with van der Waals surface area (Å²) < 4.78 is 0. The second-order valence-electron chi connectivity index (χ2n) is 8.05. The van der Waals surface area contributed by atoms with E-state index in [0.717, 1.165) is 0 Å². The number of allylic oxidation sites excluding steroid dienone is 6. The summed E-state index contributed by atoms with van der Waals surface area (Å²) in [4.78, 5) is 25.2. The molecule has 0 spiro atoms. The van der Waals surface area contributed by atoms with Gasteiger partial charge in [0.1, 0.15) is 12.1 Å². The molecule has 0 heterocycles. The van der Waals surface area contributed by atoms with Gasteiger partial charge < -0.3 is 0 Å². The van der Waals surface area contributed by atoms with Crippen molar-refractivity contribution in [2.45, 2.75) is 33.6 Å². The monoisotopic (exact) mass is 354 g/mol. The number of Topliss-reactive ketones (excluding diaryl/α,β-unsaturated/α-hetero) is 1. The number of carbonyl (C=O) groups excluding carboxylic acids is 2. The molecule has 0 unspecified atom stereocenters. The van der Waals surface area contributed by atoms with Gasteiger partial charge in [-0.3, -0.25) is 9.59 Å². The van der Waals surface area contributed by atoms with Crippen LogP contribution in [0.5, 0.6) is 0 Å². The average Bonchev–Trinajstić information content (AvgIpc) is 2.63. The standard InChI is InChI=1S/C23H18N2O2/c1-5-6-8-23-9-7-18-21(2,3)20(27)16(14-25)11-22(18,4)19(23)10-17(26)15(12-23)13-24/h1,10-12,18H,7,9H2,2-4H3/t18-,22-,23-/m0/s1. The molecule has 1 fully saturated rings. The summed E-state index contributed by atoms with van der Waals surface area (Å²) in [6.07, 6.45) is 11.3. The van der Waals surface area contributed by atoms with Gasteiger partial charge in [0, 0.05) is 10.8 Å². The maximum absolute atomic E-state index is 12.8. The van der Waals surface area contributed by atoms with Crippen LogP contribution >= 0.6 is 0 Å². The SMILES string of the molecule is C#CC#C[C@]12C=C(C#N)C(=O)C=C1[C@@]1(C)C=C(C#N)C(=O)C(C)(C)[C@@H]1CC2. The van der Waals surface area contributed by atoms with Crippen LogP contribution in [-0.4, -0.2) is 11.6 Å². The number of nitrogens with zero attached hydrogens (tertiary/aromatic N) is 2. The fourth-order valence-electron chi connectivity index (χ4n) is 5.08. The number of fused-ring (bicyclic) bond motifs is 3. The molecule has 132 valence electrons. The smallest absolute Gasteiger partial charge is 0.196 e. The van der Waals surface area contributed by atoms with Crippen LogP contribution in [0.4, 0.5) is 0 Å². The van der Waals surface area contributed by atoms with Crippen molar-refractivity contribution in [1.82, 2.24) is 0 Å². The van der Waals surface area contributed by atoms with E-state index in [-0.39, 0.29) is 28.6 Å². The van der Waals surface area contributed by atoms with Crippen molar-refractivity contribution in [3.05, 3.63) is 34.9 Å². The predicted octanol–water partition coefficient (Wildman–Crippen LogP) is 3.04. The van der Waals surface area contributed by atoms with Gasteiger partial charge in [0.15, 0.2) is 11.6 Å². The third-order valence-electron chi connectivity index (χ3n) is 6.29. The van der Waals surface area contributed by atoms with E-state index in [4.69, 9.17) is 6.42 Å². The maximum atomic E-state index is 12.8. The summed E-state index contributed by atoms with van der Waals surface area (Å²) in [5.74, 6) is 7.38. The van der Waals surface area contributed by atoms with E-state index in [0.29, 0.717) is 18.4 Å². The molecule has 0 radical (unpaired) electrons. The Hall–Kier alpha value is -3.34.